The summed E-state index contributed by atoms with van der Waals surface area (Å²) in [6.07, 6.45) is 5.23. The molecule has 3 rings (SSSR count). The molecule has 0 aliphatic rings. The number of carbonyl (C=O) groups is 1. The summed E-state index contributed by atoms with van der Waals surface area (Å²) in [7, 11) is 0. The lowest BCUT2D eigenvalue weighted by Crippen LogP contribution is -2.16. The summed E-state index contributed by atoms with van der Waals surface area (Å²) in [6.45, 7) is 1.90. The van der Waals surface area contributed by atoms with Gasteiger partial charge in [0, 0.05) is 18.0 Å². The van der Waals surface area contributed by atoms with Crippen LogP contribution in [-0.2, 0) is 0 Å². The van der Waals surface area contributed by atoms with Gasteiger partial charge in [0.05, 0.1) is 11.9 Å². The van der Waals surface area contributed by atoms with Crippen LogP contribution in [0.3, 0.4) is 0 Å². The largest absolute Gasteiger partial charge is 0.355 e. The van der Waals surface area contributed by atoms with Gasteiger partial charge in [0.2, 0.25) is 0 Å². The number of benzene rings is 1. The molecule has 0 aliphatic carbocycles. The van der Waals surface area contributed by atoms with Crippen LogP contribution >= 0.6 is 0 Å². The van der Waals surface area contributed by atoms with Gasteiger partial charge in [-0.25, -0.2) is 13.8 Å². The Bertz CT molecular complexity index is 973. The molecule has 8 heteroatoms. The molecule has 0 fully saturated rings. The molecule has 3 aromatic rings. The number of aromatic nitrogens is 2. The quantitative estimate of drug-likeness (QED) is 0.512. The van der Waals surface area contributed by atoms with Crippen LogP contribution in [0.5, 0.6) is 5.75 Å². The summed E-state index contributed by atoms with van der Waals surface area (Å²) in [5, 5.41) is 6.47. The number of nitrogens with zero attached hydrogens (tertiary/aromatic N) is 3. The van der Waals surface area contributed by atoms with Crippen LogP contribution in [0.2, 0.25) is 0 Å². The Hall–Kier alpha value is -3.68. The van der Waals surface area contributed by atoms with Crippen molar-refractivity contribution in [1.29, 1.82) is 0 Å². The lowest BCUT2D eigenvalue weighted by Gasteiger charge is -2.08. The van der Waals surface area contributed by atoms with Gasteiger partial charge >= 0.3 is 0 Å². The smallest absolute Gasteiger partial charge is 0.262 e. The molecular weight excluding hydrogens is 366 g/mol. The van der Waals surface area contributed by atoms with Crippen LogP contribution in [0.4, 0.5) is 14.6 Å². The van der Waals surface area contributed by atoms with Gasteiger partial charge in [0.25, 0.3) is 5.91 Å². The summed E-state index contributed by atoms with van der Waals surface area (Å²) in [5.41, 5.74) is 0.657. The van der Waals surface area contributed by atoms with Crippen LogP contribution in [0.1, 0.15) is 29.3 Å². The molecule has 28 heavy (non-hydrogen) atoms. The Morgan fingerprint density at radius 2 is 1.89 bits per heavy atom. The average Bonchev–Trinajstić information content (AvgIpc) is 2.70. The van der Waals surface area contributed by atoms with Crippen molar-refractivity contribution in [1.82, 2.24) is 9.97 Å². The van der Waals surface area contributed by atoms with Crippen molar-refractivity contribution in [2.75, 3.05) is 5.32 Å². The lowest BCUT2D eigenvalue weighted by atomic mass is 10.1. The zero-order valence-corrected chi connectivity index (χ0v) is 14.9. The zero-order valence-electron chi connectivity index (χ0n) is 14.9. The van der Waals surface area contributed by atoms with Gasteiger partial charge in [0.15, 0.2) is 5.75 Å². The molecule has 0 unspecified atom stereocenters. The molecule has 2 aromatic heterocycles. The Kier molecular flexibility index (Phi) is 6.01. The van der Waals surface area contributed by atoms with Crippen LogP contribution in [0.25, 0.3) is 0 Å². The monoisotopic (exact) mass is 382 g/mol. The molecule has 1 N–H and O–H groups in total. The fraction of sp³-hybridized carbons (Fsp3) is 0.100. The lowest BCUT2D eigenvalue weighted by molar-refractivity contribution is 0.101. The van der Waals surface area contributed by atoms with Crippen molar-refractivity contribution in [3.05, 3.63) is 83.8 Å². The molecule has 0 saturated carbocycles. The summed E-state index contributed by atoms with van der Waals surface area (Å²) in [5.74, 6) is -2.15. The van der Waals surface area contributed by atoms with Gasteiger partial charge in [-0.2, -0.15) is 0 Å². The number of nitrogens with one attached hydrogen (secondary N) is 1. The van der Waals surface area contributed by atoms with E-state index in [0.717, 1.165) is 12.1 Å². The van der Waals surface area contributed by atoms with Crippen molar-refractivity contribution in [3.63, 3.8) is 0 Å². The third kappa shape index (κ3) is 4.53. The maximum absolute atomic E-state index is 13.7. The Labute approximate surface area is 159 Å². The fourth-order valence-corrected chi connectivity index (χ4v) is 2.36. The summed E-state index contributed by atoms with van der Waals surface area (Å²) >= 11 is 0. The summed E-state index contributed by atoms with van der Waals surface area (Å²) < 4.78 is 27.4. The number of carbonyl (C=O) groups excluding carboxylic acids is 1. The van der Waals surface area contributed by atoms with E-state index in [1.165, 1.54) is 24.5 Å². The van der Waals surface area contributed by atoms with Crippen molar-refractivity contribution in [3.8, 4) is 5.75 Å². The van der Waals surface area contributed by atoms with Crippen LogP contribution < -0.4 is 10.2 Å². The Morgan fingerprint density at radius 3 is 2.50 bits per heavy atom. The second-order valence-electron chi connectivity index (χ2n) is 5.65. The van der Waals surface area contributed by atoms with Gasteiger partial charge in [-0.1, -0.05) is 18.1 Å². The maximum atomic E-state index is 13.7. The number of halogens is 2. The first-order chi connectivity index (χ1) is 13.6. The van der Waals surface area contributed by atoms with Gasteiger partial charge in [0.1, 0.15) is 23.0 Å². The fourth-order valence-electron chi connectivity index (χ4n) is 2.36. The average molecular weight is 382 g/mol. The highest BCUT2D eigenvalue weighted by Gasteiger charge is 2.17. The number of rotatable bonds is 6. The number of anilines is 1. The number of pyridine rings is 2. The highest BCUT2D eigenvalue weighted by atomic mass is 19.1. The van der Waals surface area contributed by atoms with Crippen molar-refractivity contribution >= 4 is 17.4 Å². The van der Waals surface area contributed by atoms with E-state index in [0.29, 0.717) is 23.4 Å². The van der Waals surface area contributed by atoms with Crippen LogP contribution in [0.15, 0.2) is 66.2 Å². The summed E-state index contributed by atoms with van der Waals surface area (Å²) in [4.78, 5) is 25.5. The minimum absolute atomic E-state index is 0.153. The van der Waals surface area contributed by atoms with E-state index in [1.54, 1.807) is 24.4 Å². The second-order valence-corrected chi connectivity index (χ2v) is 5.65. The van der Waals surface area contributed by atoms with Crippen LogP contribution in [-0.4, -0.2) is 21.6 Å². The highest BCUT2D eigenvalue weighted by Crippen LogP contribution is 2.15. The predicted molar refractivity (Wildman–Crippen MR) is 100 cm³/mol. The van der Waals surface area contributed by atoms with E-state index >= 15 is 0 Å². The van der Waals surface area contributed by atoms with Gasteiger partial charge in [-0.3, -0.25) is 9.78 Å². The molecule has 142 valence electrons. The standard InChI is InChI=1S/C20H16F2N4O2/c1-2-17(26-28-14-5-4-10-23-12-14)13-8-9-18(24-11-13)25-20(27)19-15(21)6-3-7-16(19)22/h3-12H,2H2,1H3,(H,24,25,27). The number of amides is 1. The third-order valence-corrected chi connectivity index (χ3v) is 3.76. The molecule has 2 heterocycles. The first-order valence-corrected chi connectivity index (χ1v) is 8.44. The van der Waals surface area contributed by atoms with E-state index in [1.807, 2.05) is 6.92 Å². The minimum atomic E-state index is -0.943. The van der Waals surface area contributed by atoms with Crippen molar-refractivity contribution in [2.45, 2.75) is 13.3 Å². The van der Waals surface area contributed by atoms with E-state index in [-0.39, 0.29) is 5.82 Å². The molecule has 0 saturated heterocycles. The molecule has 0 bridgehead atoms. The van der Waals surface area contributed by atoms with Gasteiger partial charge in [-0.05, 0) is 42.8 Å². The zero-order chi connectivity index (χ0) is 19.9. The predicted octanol–water partition coefficient (Wildman–Crippen LogP) is 4.20. The topological polar surface area (TPSA) is 76.5 Å². The second kappa shape index (κ2) is 8.81. The van der Waals surface area contributed by atoms with E-state index in [9.17, 15) is 13.6 Å². The molecule has 0 aliphatic heterocycles. The molecule has 0 atom stereocenters. The molecule has 0 radical (unpaired) electrons. The van der Waals surface area contributed by atoms with Crippen molar-refractivity contribution in [2.24, 2.45) is 5.16 Å². The first-order valence-electron chi connectivity index (χ1n) is 8.44. The highest BCUT2D eigenvalue weighted by molar-refractivity contribution is 6.04. The third-order valence-electron chi connectivity index (χ3n) is 3.76. The van der Waals surface area contributed by atoms with E-state index in [2.05, 4.69) is 20.4 Å². The SMILES string of the molecule is CCC(=NOc1cccnc1)c1ccc(NC(=O)c2c(F)cccc2F)nc1. The van der Waals surface area contributed by atoms with Gasteiger partial charge < -0.3 is 10.2 Å². The first kappa shape index (κ1) is 19.1. The van der Waals surface area contributed by atoms with E-state index in [4.69, 9.17) is 4.84 Å². The maximum Gasteiger partial charge on any atom is 0.262 e. The molecular formula is C20H16F2N4O2. The van der Waals surface area contributed by atoms with E-state index < -0.39 is 23.1 Å². The number of hydrogen-bond acceptors (Lipinski definition) is 5. The number of oxime groups is 1. The molecule has 1 amide bonds. The van der Waals surface area contributed by atoms with Gasteiger partial charge in [-0.15, -0.1) is 0 Å². The molecule has 0 spiro atoms. The molecule has 6 nitrogen and oxygen atoms in total. The number of hydrogen-bond donors (Lipinski definition) is 1. The Balaban J connectivity index is 1.72. The van der Waals surface area contributed by atoms with Crippen LogP contribution in [0, 0.1) is 11.6 Å². The molecule has 1 aromatic carbocycles. The Morgan fingerprint density at radius 1 is 1.11 bits per heavy atom. The van der Waals surface area contributed by atoms with Crippen molar-refractivity contribution < 1.29 is 18.4 Å². The summed E-state index contributed by atoms with van der Waals surface area (Å²) in [6, 6.07) is 9.86. The minimum Gasteiger partial charge on any atom is -0.355 e. The normalized spacial score (nSPS) is 11.2.